The second kappa shape index (κ2) is 12.0. The van der Waals surface area contributed by atoms with E-state index in [1.165, 1.54) is 0 Å². The molecule has 2 aromatic heterocycles. The zero-order valence-electron chi connectivity index (χ0n) is 21.5. The van der Waals surface area contributed by atoms with Gasteiger partial charge in [0.25, 0.3) is 10.0 Å². The molecule has 0 saturated heterocycles. The molecule has 0 aliphatic heterocycles. The summed E-state index contributed by atoms with van der Waals surface area (Å²) in [6.07, 6.45) is 1.98. The van der Waals surface area contributed by atoms with Crippen molar-refractivity contribution in [1.29, 1.82) is 0 Å². The molecular formula is C30H31N3O4S2. The molecule has 39 heavy (non-hydrogen) atoms. The first-order chi connectivity index (χ1) is 18.9. The molecule has 2 atom stereocenters. The predicted molar refractivity (Wildman–Crippen MR) is 157 cm³/mol. The molecule has 4 N–H and O–H groups in total. The molecule has 202 valence electrons. The summed E-state index contributed by atoms with van der Waals surface area (Å²) >= 11 is 1.16. The number of fused-ring (bicyclic) bond motifs is 1. The Morgan fingerprint density at radius 3 is 2.62 bits per heavy atom. The van der Waals surface area contributed by atoms with Gasteiger partial charge >= 0.3 is 0 Å². The number of hydrogen-bond acceptors (Lipinski definition) is 6. The van der Waals surface area contributed by atoms with E-state index in [0.29, 0.717) is 24.4 Å². The molecule has 0 fully saturated rings. The number of H-pyrrole nitrogens is 1. The highest BCUT2D eigenvalue weighted by Crippen LogP contribution is 2.29. The van der Waals surface area contributed by atoms with Gasteiger partial charge in [0.2, 0.25) is 0 Å². The van der Waals surface area contributed by atoms with Crippen LogP contribution in [0, 0.1) is 0 Å². The highest BCUT2D eigenvalue weighted by Gasteiger charge is 2.17. The van der Waals surface area contributed by atoms with Crippen molar-refractivity contribution in [2.24, 2.45) is 0 Å². The van der Waals surface area contributed by atoms with Crippen LogP contribution in [-0.4, -0.2) is 31.1 Å². The lowest BCUT2D eigenvalue weighted by molar-refractivity contribution is 0.170. The Hall–Kier alpha value is -3.63. The third-order valence-electron chi connectivity index (χ3n) is 6.47. The van der Waals surface area contributed by atoms with E-state index < -0.39 is 16.1 Å². The standard InChI is InChI=1S/C30H31N3O4S2/c1-21(16-24-18-32-30-26(24)12-6-13-28(30)37-20-22-8-3-2-4-9-22)31-19-27(34)23-10-5-11-25(17-23)33-39(35,36)29-14-7-15-38-29/h2-15,17-18,21,27,31-34H,16,19-20H2,1H3/t21-,27+/m1/s1. The van der Waals surface area contributed by atoms with Gasteiger partial charge in [0.1, 0.15) is 16.6 Å². The molecule has 0 radical (unpaired) electrons. The summed E-state index contributed by atoms with van der Waals surface area (Å²) in [4.78, 5) is 3.37. The maximum atomic E-state index is 12.5. The fourth-order valence-corrected chi connectivity index (χ4v) is 6.52. The molecule has 0 unspecified atom stereocenters. The van der Waals surface area contributed by atoms with Gasteiger partial charge in [-0.15, -0.1) is 11.3 Å². The van der Waals surface area contributed by atoms with Gasteiger partial charge < -0.3 is 20.1 Å². The second-order valence-electron chi connectivity index (χ2n) is 9.46. The van der Waals surface area contributed by atoms with E-state index in [9.17, 15) is 13.5 Å². The minimum Gasteiger partial charge on any atom is -0.487 e. The normalized spacial score (nSPS) is 13.3. The Morgan fingerprint density at radius 1 is 1.00 bits per heavy atom. The molecule has 9 heteroatoms. The summed E-state index contributed by atoms with van der Waals surface area (Å²) in [6, 6.07) is 26.3. The van der Waals surface area contributed by atoms with Gasteiger partial charge in [-0.3, -0.25) is 4.72 Å². The summed E-state index contributed by atoms with van der Waals surface area (Å²) in [7, 11) is -3.65. The number of anilines is 1. The number of sulfonamides is 1. The van der Waals surface area contributed by atoms with Crippen LogP contribution in [0.15, 0.2) is 101 Å². The Kier molecular flexibility index (Phi) is 8.33. The number of rotatable bonds is 12. The monoisotopic (exact) mass is 561 g/mol. The maximum absolute atomic E-state index is 12.5. The van der Waals surface area contributed by atoms with E-state index in [1.807, 2.05) is 48.7 Å². The number of para-hydroxylation sites is 1. The number of nitrogens with one attached hydrogen (secondary N) is 3. The van der Waals surface area contributed by atoms with Crippen LogP contribution in [0.3, 0.4) is 0 Å². The SMILES string of the molecule is C[C@H](Cc1c[nH]c2c(OCc3ccccc3)cccc12)NC[C@H](O)c1cccc(NS(=O)(=O)c2cccs2)c1. The van der Waals surface area contributed by atoms with E-state index in [0.717, 1.165) is 45.5 Å². The third kappa shape index (κ3) is 6.69. The minimum atomic E-state index is -3.65. The smallest absolute Gasteiger partial charge is 0.271 e. The highest BCUT2D eigenvalue weighted by molar-refractivity contribution is 7.94. The van der Waals surface area contributed by atoms with Crippen LogP contribution in [-0.2, 0) is 23.1 Å². The van der Waals surface area contributed by atoms with Crippen molar-refractivity contribution >= 4 is 38.0 Å². The van der Waals surface area contributed by atoms with Gasteiger partial charge in [-0.1, -0.05) is 60.7 Å². The molecule has 0 aliphatic carbocycles. The molecule has 0 bridgehead atoms. The van der Waals surface area contributed by atoms with Crippen molar-refractivity contribution in [2.45, 2.75) is 36.3 Å². The average Bonchev–Trinajstić information content (AvgIpc) is 3.63. The summed E-state index contributed by atoms with van der Waals surface area (Å²) in [6.45, 7) is 2.91. The number of aromatic amines is 1. The molecule has 0 saturated carbocycles. The lowest BCUT2D eigenvalue weighted by Crippen LogP contribution is -2.32. The van der Waals surface area contributed by atoms with Crippen molar-refractivity contribution in [3.05, 3.63) is 113 Å². The van der Waals surface area contributed by atoms with Gasteiger partial charge in [0.15, 0.2) is 0 Å². The lowest BCUT2D eigenvalue weighted by Gasteiger charge is -2.18. The molecule has 5 rings (SSSR count). The zero-order valence-corrected chi connectivity index (χ0v) is 23.1. The van der Waals surface area contributed by atoms with Gasteiger partial charge in [-0.25, -0.2) is 8.42 Å². The summed E-state index contributed by atoms with van der Waals surface area (Å²) < 4.78 is 34.0. The van der Waals surface area contributed by atoms with Gasteiger partial charge in [0, 0.05) is 29.9 Å². The number of thiophene rings is 1. The number of aromatic nitrogens is 1. The van der Waals surface area contributed by atoms with E-state index in [1.54, 1.807) is 41.8 Å². The Morgan fingerprint density at radius 2 is 1.82 bits per heavy atom. The van der Waals surface area contributed by atoms with Crippen molar-refractivity contribution in [3.8, 4) is 5.75 Å². The average molecular weight is 562 g/mol. The molecule has 3 aromatic carbocycles. The van der Waals surface area contributed by atoms with Crippen LogP contribution in [0.1, 0.15) is 29.7 Å². The Balaban J connectivity index is 1.18. The van der Waals surface area contributed by atoms with Crippen molar-refractivity contribution in [2.75, 3.05) is 11.3 Å². The quantitative estimate of drug-likeness (QED) is 0.153. The van der Waals surface area contributed by atoms with E-state index in [2.05, 4.69) is 28.0 Å². The number of aliphatic hydroxyl groups is 1. The molecule has 2 heterocycles. The topological polar surface area (TPSA) is 103 Å². The van der Waals surface area contributed by atoms with Gasteiger partial charge in [-0.05, 0) is 59.7 Å². The molecular weight excluding hydrogens is 530 g/mol. The van der Waals surface area contributed by atoms with Crippen LogP contribution in [0.25, 0.3) is 10.9 Å². The maximum Gasteiger partial charge on any atom is 0.271 e. The molecule has 0 amide bonds. The zero-order chi connectivity index (χ0) is 27.2. The first kappa shape index (κ1) is 27.0. The summed E-state index contributed by atoms with van der Waals surface area (Å²) in [5.41, 5.74) is 4.29. The third-order valence-corrected chi connectivity index (χ3v) is 9.25. The fraction of sp³-hybridized carbons (Fsp3) is 0.200. The Bertz CT molecular complexity index is 1620. The summed E-state index contributed by atoms with van der Waals surface area (Å²) in [5, 5.41) is 17.0. The first-order valence-corrected chi connectivity index (χ1v) is 15.1. The van der Waals surface area contributed by atoms with Crippen molar-refractivity contribution < 1.29 is 18.3 Å². The van der Waals surface area contributed by atoms with Crippen LogP contribution in [0.5, 0.6) is 5.75 Å². The molecule has 7 nitrogen and oxygen atoms in total. The number of aliphatic hydroxyl groups excluding tert-OH is 1. The van der Waals surface area contributed by atoms with Crippen molar-refractivity contribution in [1.82, 2.24) is 10.3 Å². The molecule has 0 spiro atoms. The number of benzene rings is 3. The highest BCUT2D eigenvalue weighted by atomic mass is 32.2. The van der Waals surface area contributed by atoms with Crippen LogP contribution in [0.4, 0.5) is 5.69 Å². The first-order valence-electron chi connectivity index (χ1n) is 12.7. The van der Waals surface area contributed by atoms with Gasteiger partial charge in [0.05, 0.1) is 11.6 Å². The Labute approximate surface area is 232 Å². The largest absolute Gasteiger partial charge is 0.487 e. The fourth-order valence-electron chi connectivity index (χ4n) is 4.47. The number of hydrogen-bond donors (Lipinski definition) is 4. The minimum absolute atomic E-state index is 0.0908. The number of ether oxygens (including phenoxy) is 1. The van der Waals surface area contributed by atoms with Crippen LogP contribution >= 0.6 is 11.3 Å². The molecule has 5 aromatic rings. The van der Waals surface area contributed by atoms with E-state index in [4.69, 9.17) is 4.74 Å². The van der Waals surface area contributed by atoms with E-state index in [-0.39, 0.29) is 10.3 Å². The van der Waals surface area contributed by atoms with Crippen molar-refractivity contribution in [3.63, 3.8) is 0 Å². The molecule has 0 aliphatic rings. The lowest BCUT2D eigenvalue weighted by atomic mass is 10.0. The van der Waals surface area contributed by atoms with Crippen LogP contribution in [0.2, 0.25) is 0 Å². The summed E-state index contributed by atoms with van der Waals surface area (Å²) in [5.74, 6) is 0.813. The predicted octanol–water partition coefficient (Wildman–Crippen LogP) is 5.86. The second-order valence-corrected chi connectivity index (χ2v) is 12.3. The van der Waals surface area contributed by atoms with Crippen LogP contribution < -0.4 is 14.8 Å². The van der Waals surface area contributed by atoms with Gasteiger partial charge in [-0.2, -0.15) is 0 Å². The van der Waals surface area contributed by atoms with E-state index >= 15 is 0 Å².